The average molecular weight is 251 g/mol. The molecule has 1 fully saturated rings. The van der Waals surface area contributed by atoms with Crippen LogP contribution < -0.4 is 10.5 Å². The van der Waals surface area contributed by atoms with Gasteiger partial charge in [0.1, 0.15) is 17.7 Å². The molecule has 0 heterocycles. The van der Waals surface area contributed by atoms with E-state index in [9.17, 15) is 4.39 Å². The SMILES string of the molecule is CC(C)C1CCC(N)C(Oc2ccc(F)cc2)C1. The van der Waals surface area contributed by atoms with E-state index in [1.165, 1.54) is 18.6 Å². The Balaban J connectivity index is 2.00. The van der Waals surface area contributed by atoms with Crippen molar-refractivity contribution in [3.8, 4) is 5.75 Å². The highest BCUT2D eigenvalue weighted by atomic mass is 19.1. The fraction of sp³-hybridized carbons (Fsp3) is 0.600. The van der Waals surface area contributed by atoms with Gasteiger partial charge in [-0.15, -0.1) is 0 Å². The van der Waals surface area contributed by atoms with E-state index in [4.69, 9.17) is 10.5 Å². The van der Waals surface area contributed by atoms with E-state index < -0.39 is 0 Å². The summed E-state index contributed by atoms with van der Waals surface area (Å²) in [5, 5.41) is 0. The second kappa shape index (κ2) is 5.70. The summed E-state index contributed by atoms with van der Waals surface area (Å²) < 4.78 is 18.7. The molecule has 1 aliphatic carbocycles. The van der Waals surface area contributed by atoms with E-state index in [2.05, 4.69) is 13.8 Å². The van der Waals surface area contributed by atoms with Gasteiger partial charge in [-0.25, -0.2) is 4.39 Å². The zero-order valence-electron chi connectivity index (χ0n) is 11.1. The predicted octanol–water partition coefficient (Wildman–Crippen LogP) is 3.36. The van der Waals surface area contributed by atoms with E-state index in [1.54, 1.807) is 12.1 Å². The third kappa shape index (κ3) is 3.22. The predicted molar refractivity (Wildman–Crippen MR) is 71.0 cm³/mol. The molecule has 0 aromatic heterocycles. The Morgan fingerprint density at radius 1 is 1.22 bits per heavy atom. The van der Waals surface area contributed by atoms with E-state index >= 15 is 0 Å². The molecule has 3 atom stereocenters. The van der Waals surface area contributed by atoms with Gasteiger partial charge in [0.05, 0.1) is 0 Å². The summed E-state index contributed by atoms with van der Waals surface area (Å²) in [4.78, 5) is 0. The van der Waals surface area contributed by atoms with Crippen molar-refractivity contribution in [3.05, 3.63) is 30.1 Å². The molecule has 1 aromatic carbocycles. The molecule has 1 saturated carbocycles. The van der Waals surface area contributed by atoms with Gasteiger partial charge in [-0.05, 0) is 55.4 Å². The number of halogens is 1. The topological polar surface area (TPSA) is 35.2 Å². The Morgan fingerprint density at radius 3 is 2.50 bits per heavy atom. The lowest BCUT2D eigenvalue weighted by Crippen LogP contribution is -2.44. The smallest absolute Gasteiger partial charge is 0.123 e. The molecular formula is C15H22FNO. The summed E-state index contributed by atoms with van der Waals surface area (Å²) in [7, 11) is 0. The molecule has 0 saturated heterocycles. The fourth-order valence-corrected chi connectivity index (χ4v) is 2.61. The van der Waals surface area contributed by atoms with Crippen LogP contribution in [0.5, 0.6) is 5.75 Å². The first-order valence-electron chi connectivity index (χ1n) is 6.74. The van der Waals surface area contributed by atoms with Gasteiger partial charge in [0.15, 0.2) is 0 Å². The van der Waals surface area contributed by atoms with Crippen molar-refractivity contribution in [2.75, 3.05) is 0 Å². The first-order valence-corrected chi connectivity index (χ1v) is 6.74. The summed E-state index contributed by atoms with van der Waals surface area (Å²) in [6.07, 6.45) is 3.24. The van der Waals surface area contributed by atoms with Crippen LogP contribution in [0.2, 0.25) is 0 Å². The number of ether oxygens (including phenoxy) is 1. The molecule has 3 heteroatoms. The van der Waals surface area contributed by atoms with Crippen LogP contribution in [0.1, 0.15) is 33.1 Å². The van der Waals surface area contributed by atoms with Crippen LogP contribution in [0.4, 0.5) is 4.39 Å². The third-order valence-corrected chi connectivity index (χ3v) is 3.93. The molecular weight excluding hydrogens is 229 g/mol. The molecule has 0 spiro atoms. The minimum Gasteiger partial charge on any atom is -0.489 e. The molecule has 1 aromatic rings. The van der Waals surface area contributed by atoms with E-state index in [-0.39, 0.29) is 18.0 Å². The summed E-state index contributed by atoms with van der Waals surface area (Å²) in [5.41, 5.74) is 6.12. The molecule has 18 heavy (non-hydrogen) atoms. The minimum absolute atomic E-state index is 0.0524. The Bertz CT molecular complexity index is 377. The van der Waals surface area contributed by atoms with Crippen LogP contribution in [0.15, 0.2) is 24.3 Å². The highest BCUT2D eigenvalue weighted by Crippen LogP contribution is 2.31. The second-order valence-corrected chi connectivity index (χ2v) is 5.59. The summed E-state index contributed by atoms with van der Waals surface area (Å²) in [5.74, 6) is 1.81. The molecule has 100 valence electrons. The summed E-state index contributed by atoms with van der Waals surface area (Å²) in [6, 6.07) is 6.26. The van der Waals surface area contributed by atoms with Gasteiger partial charge < -0.3 is 10.5 Å². The average Bonchev–Trinajstić information content (AvgIpc) is 2.34. The van der Waals surface area contributed by atoms with Gasteiger partial charge in [0.2, 0.25) is 0 Å². The monoisotopic (exact) mass is 251 g/mol. The van der Waals surface area contributed by atoms with Crippen LogP contribution in [0.3, 0.4) is 0 Å². The fourth-order valence-electron chi connectivity index (χ4n) is 2.61. The molecule has 0 amide bonds. The van der Waals surface area contributed by atoms with Crippen LogP contribution in [0, 0.1) is 17.7 Å². The van der Waals surface area contributed by atoms with Crippen molar-refractivity contribution in [1.29, 1.82) is 0 Å². The molecule has 0 bridgehead atoms. The molecule has 3 unspecified atom stereocenters. The maximum Gasteiger partial charge on any atom is 0.123 e. The zero-order valence-corrected chi connectivity index (χ0v) is 11.1. The van der Waals surface area contributed by atoms with Crippen LogP contribution in [-0.2, 0) is 0 Å². The van der Waals surface area contributed by atoms with E-state index in [1.807, 2.05) is 0 Å². The highest BCUT2D eigenvalue weighted by molar-refractivity contribution is 5.22. The maximum absolute atomic E-state index is 12.8. The normalized spacial score (nSPS) is 28.4. The van der Waals surface area contributed by atoms with Gasteiger partial charge in [-0.1, -0.05) is 13.8 Å². The van der Waals surface area contributed by atoms with Gasteiger partial charge in [0, 0.05) is 6.04 Å². The molecule has 2 nitrogen and oxygen atoms in total. The lowest BCUT2D eigenvalue weighted by molar-refractivity contribution is 0.0867. The zero-order chi connectivity index (χ0) is 13.1. The molecule has 2 rings (SSSR count). The Kier molecular flexibility index (Phi) is 4.23. The first kappa shape index (κ1) is 13.3. The Hall–Kier alpha value is -1.09. The van der Waals surface area contributed by atoms with E-state index in [0.29, 0.717) is 17.6 Å². The van der Waals surface area contributed by atoms with Crippen molar-refractivity contribution >= 4 is 0 Å². The standard InChI is InChI=1S/C15H22FNO/c1-10(2)11-3-8-14(17)15(9-11)18-13-6-4-12(16)5-7-13/h4-7,10-11,14-15H,3,8-9,17H2,1-2H3. The summed E-state index contributed by atoms with van der Waals surface area (Å²) >= 11 is 0. The number of nitrogens with two attached hydrogens (primary N) is 1. The number of hydrogen-bond acceptors (Lipinski definition) is 2. The van der Waals surface area contributed by atoms with Crippen molar-refractivity contribution in [1.82, 2.24) is 0 Å². The Morgan fingerprint density at radius 2 is 1.89 bits per heavy atom. The second-order valence-electron chi connectivity index (χ2n) is 5.59. The summed E-state index contributed by atoms with van der Waals surface area (Å²) in [6.45, 7) is 4.49. The van der Waals surface area contributed by atoms with Crippen molar-refractivity contribution in [2.24, 2.45) is 17.6 Å². The molecule has 0 aliphatic heterocycles. The quantitative estimate of drug-likeness (QED) is 0.894. The molecule has 2 N–H and O–H groups in total. The van der Waals surface area contributed by atoms with Gasteiger partial charge in [-0.3, -0.25) is 0 Å². The number of hydrogen-bond donors (Lipinski definition) is 1. The highest BCUT2D eigenvalue weighted by Gasteiger charge is 2.31. The lowest BCUT2D eigenvalue weighted by Gasteiger charge is -2.36. The first-order chi connectivity index (χ1) is 8.56. The van der Waals surface area contributed by atoms with Crippen molar-refractivity contribution in [3.63, 3.8) is 0 Å². The van der Waals surface area contributed by atoms with Gasteiger partial charge >= 0.3 is 0 Å². The van der Waals surface area contributed by atoms with Gasteiger partial charge in [0.25, 0.3) is 0 Å². The maximum atomic E-state index is 12.8. The molecule has 0 radical (unpaired) electrons. The van der Waals surface area contributed by atoms with Gasteiger partial charge in [-0.2, -0.15) is 0 Å². The number of benzene rings is 1. The van der Waals surface area contributed by atoms with Crippen LogP contribution in [-0.4, -0.2) is 12.1 Å². The van der Waals surface area contributed by atoms with Crippen molar-refractivity contribution < 1.29 is 9.13 Å². The molecule has 1 aliphatic rings. The largest absolute Gasteiger partial charge is 0.489 e. The van der Waals surface area contributed by atoms with E-state index in [0.717, 1.165) is 12.8 Å². The number of rotatable bonds is 3. The van der Waals surface area contributed by atoms with Crippen LogP contribution in [0.25, 0.3) is 0 Å². The minimum atomic E-state index is -0.240. The lowest BCUT2D eigenvalue weighted by atomic mass is 9.78. The van der Waals surface area contributed by atoms with Crippen molar-refractivity contribution in [2.45, 2.75) is 45.3 Å². The van der Waals surface area contributed by atoms with Crippen LogP contribution >= 0.6 is 0 Å². The third-order valence-electron chi connectivity index (χ3n) is 3.93. The Labute approximate surface area is 108 Å².